The molecule has 0 saturated carbocycles. The van der Waals surface area contributed by atoms with Gasteiger partial charge in [-0.3, -0.25) is 14.6 Å². The molecule has 0 unspecified atom stereocenters. The molecule has 2 rings (SSSR count). The van der Waals surface area contributed by atoms with E-state index < -0.39 is 0 Å². The Hall–Kier alpha value is -2.34. The Morgan fingerprint density at radius 2 is 1.85 bits per heavy atom. The molecule has 0 bridgehead atoms. The molecule has 1 heterocycles. The first-order valence-electron chi connectivity index (χ1n) is 8.64. The summed E-state index contributed by atoms with van der Waals surface area (Å²) in [5.41, 5.74) is 2.30. The Kier molecular flexibility index (Phi) is 8.85. The summed E-state index contributed by atoms with van der Waals surface area (Å²) in [6.45, 7) is 7.53. The van der Waals surface area contributed by atoms with Gasteiger partial charge in [0, 0.05) is 35.9 Å². The van der Waals surface area contributed by atoms with Gasteiger partial charge in [-0.2, -0.15) is 0 Å². The monoisotopic (exact) mass is 379 g/mol. The molecular formula is C19H26ClN3O3. The van der Waals surface area contributed by atoms with Crippen molar-refractivity contribution >= 4 is 40.9 Å². The van der Waals surface area contributed by atoms with E-state index in [9.17, 15) is 9.59 Å². The van der Waals surface area contributed by atoms with E-state index in [0.29, 0.717) is 19.7 Å². The molecule has 1 N–H and O–H groups in total. The minimum absolute atomic E-state index is 0. The van der Waals surface area contributed by atoms with Crippen LogP contribution in [0.3, 0.4) is 0 Å². The predicted octanol–water partition coefficient (Wildman–Crippen LogP) is 3.04. The van der Waals surface area contributed by atoms with Crippen molar-refractivity contribution in [1.82, 2.24) is 9.88 Å². The number of nitrogens with one attached hydrogen (secondary N) is 1. The number of amides is 1. The lowest BCUT2D eigenvalue weighted by atomic mass is 10.1. The van der Waals surface area contributed by atoms with Gasteiger partial charge in [0.25, 0.3) is 0 Å². The number of halogens is 1. The van der Waals surface area contributed by atoms with Crippen molar-refractivity contribution in [1.29, 1.82) is 0 Å². The minimum atomic E-state index is -0.308. The molecular weight excluding hydrogens is 354 g/mol. The van der Waals surface area contributed by atoms with Gasteiger partial charge in [0.15, 0.2) is 0 Å². The third-order valence-corrected chi connectivity index (χ3v) is 4.03. The van der Waals surface area contributed by atoms with Crippen LogP contribution in [0.4, 0.5) is 5.69 Å². The zero-order chi connectivity index (χ0) is 18.2. The van der Waals surface area contributed by atoms with E-state index in [1.165, 1.54) is 0 Å². The SMILES string of the molecule is CCOC(=O)Cc1cnc2ccccc2c1NCC(=O)N(CC)CC.Cl. The fourth-order valence-corrected chi connectivity index (χ4v) is 2.75. The van der Waals surface area contributed by atoms with Crippen molar-refractivity contribution in [2.75, 3.05) is 31.6 Å². The molecule has 0 radical (unpaired) electrons. The van der Waals surface area contributed by atoms with Gasteiger partial charge in [-0.05, 0) is 26.8 Å². The molecule has 142 valence electrons. The van der Waals surface area contributed by atoms with Crippen molar-refractivity contribution < 1.29 is 14.3 Å². The highest BCUT2D eigenvalue weighted by Gasteiger charge is 2.15. The van der Waals surface area contributed by atoms with Crippen LogP contribution in [-0.2, 0) is 20.7 Å². The molecule has 0 fully saturated rings. The van der Waals surface area contributed by atoms with E-state index in [0.717, 1.165) is 22.2 Å². The van der Waals surface area contributed by atoms with Gasteiger partial charge in [-0.15, -0.1) is 12.4 Å². The predicted molar refractivity (Wildman–Crippen MR) is 106 cm³/mol. The molecule has 7 heteroatoms. The van der Waals surface area contributed by atoms with E-state index in [2.05, 4.69) is 10.3 Å². The topological polar surface area (TPSA) is 71.5 Å². The Bertz CT molecular complexity index is 748. The maximum atomic E-state index is 12.3. The van der Waals surface area contributed by atoms with Crippen LogP contribution in [0.2, 0.25) is 0 Å². The number of anilines is 1. The first-order valence-corrected chi connectivity index (χ1v) is 8.64. The van der Waals surface area contributed by atoms with Crippen LogP contribution in [0.5, 0.6) is 0 Å². The Morgan fingerprint density at radius 3 is 2.50 bits per heavy atom. The van der Waals surface area contributed by atoms with Crippen LogP contribution in [0.15, 0.2) is 30.5 Å². The summed E-state index contributed by atoms with van der Waals surface area (Å²) >= 11 is 0. The lowest BCUT2D eigenvalue weighted by molar-refractivity contribution is -0.142. The maximum Gasteiger partial charge on any atom is 0.310 e. The third kappa shape index (κ3) is 5.33. The average Bonchev–Trinajstić information content (AvgIpc) is 2.62. The number of hydrogen-bond acceptors (Lipinski definition) is 5. The van der Waals surface area contributed by atoms with Crippen molar-refractivity contribution in [3.8, 4) is 0 Å². The lowest BCUT2D eigenvalue weighted by Crippen LogP contribution is -2.35. The number of esters is 1. The van der Waals surface area contributed by atoms with Gasteiger partial charge in [0.2, 0.25) is 5.91 Å². The summed E-state index contributed by atoms with van der Waals surface area (Å²) < 4.78 is 5.04. The van der Waals surface area contributed by atoms with Gasteiger partial charge in [-0.25, -0.2) is 0 Å². The zero-order valence-electron chi connectivity index (χ0n) is 15.4. The van der Waals surface area contributed by atoms with Gasteiger partial charge in [0.05, 0.1) is 25.1 Å². The molecule has 1 aromatic carbocycles. The quantitative estimate of drug-likeness (QED) is 0.714. The number of fused-ring (bicyclic) bond motifs is 1. The highest BCUT2D eigenvalue weighted by Crippen LogP contribution is 2.26. The van der Waals surface area contributed by atoms with Gasteiger partial charge < -0.3 is 15.0 Å². The third-order valence-electron chi connectivity index (χ3n) is 4.03. The van der Waals surface area contributed by atoms with Crippen molar-refractivity contribution in [2.45, 2.75) is 27.2 Å². The highest BCUT2D eigenvalue weighted by molar-refractivity contribution is 5.95. The summed E-state index contributed by atoms with van der Waals surface area (Å²) in [5, 5.41) is 4.10. The van der Waals surface area contributed by atoms with Crippen LogP contribution < -0.4 is 5.32 Å². The molecule has 0 atom stereocenters. The number of para-hydroxylation sites is 1. The Balaban J connectivity index is 0.00000338. The van der Waals surface area contributed by atoms with E-state index in [-0.39, 0.29) is 37.2 Å². The summed E-state index contributed by atoms with van der Waals surface area (Å²) in [6, 6.07) is 7.66. The first-order chi connectivity index (χ1) is 12.1. The number of nitrogens with zero attached hydrogens (tertiary/aromatic N) is 2. The van der Waals surface area contributed by atoms with Gasteiger partial charge >= 0.3 is 5.97 Å². The molecule has 0 spiro atoms. The fraction of sp³-hybridized carbons (Fsp3) is 0.421. The van der Waals surface area contributed by atoms with E-state index in [1.807, 2.05) is 38.1 Å². The summed E-state index contributed by atoms with van der Waals surface area (Å²) in [4.78, 5) is 30.4. The molecule has 0 aliphatic carbocycles. The number of carbonyl (C=O) groups excluding carboxylic acids is 2. The number of hydrogen-bond donors (Lipinski definition) is 1. The number of pyridine rings is 1. The molecule has 1 amide bonds. The lowest BCUT2D eigenvalue weighted by Gasteiger charge is -2.20. The van der Waals surface area contributed by atoms with Crippen LogP contribution in [0.25, 0.3) is 10.9 Å². The number of carbonyl (C=O) groups is 2. The Labute approximate surface area is 160 Å². The fourth-order valence-electron chi connectivity index (χ4n) is 2.75. The molecule has 0 aliphatic heterocycles. The van der Waals surface area contributed by atoms with Crippen molar-refractivity contribution in [3.05, 3.63) is 36.0 Å². The second kappa shape index (κ2) is 10.6. The van der Waals surface area contributed by atoms with Crippen molar-refractivity contribution in [2.24, 2.45) is 0 Å². The molecule has 26 heavy (non-hydrogen) atoms. The van der Waals surface area contributed by atoms with Crippen molar-refractivity contribution in [3.63, 3.8) is 0 Å². The van der Waals surface area contributed by atoms with Crippen LogP contribution in [0.1, 0.15) is 26.3 Å². The van der Waals surface area contributed by atoms with Crippen LogP contribution in [0, 0.1) is 0 Å². The van der Waals surface area contributed by atoms with Crippen LogP contribution in [-0.4, -0.2) is 48.0 Å². The second-order valence-electron chi connectivity index (χ2n) is 5.58. The van der Waals surface area contributed by atoms with E-state index >= 15 is 0 Å². The van der Waals surface area contributed by atoms with E-state index in [4.69, 9.17) is 4.74 Å². The van der Waals surface area contributed by atoms with Gasteiger partial charge in [0.1, 0.15) is 0 Å². The molecule has 6 nitrogen and oxygen atoms in total. The number of rotatable bonds is 8. The zero-order valence-corrected chi connectivity index (χ0v) is 16.3. The average molecular weight is 380 g/mol. The largest absolute Gasteiger partial charge is 0.466 e. The minimum Gasteiger partial charge on any atom is -0.466 e. The molecule has 2 aromatic rings. The highest BCUT2D eigenvalue weighted by atomic mass is 35.5. The normalized spacial score (nSPS) is 10.1. The summed E-state index contributed by atoms with van der Waals surface area (Å²) in [6.07, 6.45) is 1.79. The number of benzene rings is 1. The molecule has 0 saturated heterocycles. The second-order valence-corrected chi connectivity index (χ2v) is 5.58. The number of aromatic nitrogens is 1. The summed E-state index contributed by atoms with van der Waals surface area (Å²) in [5.74, 6) is -0.286. The maximum absolute atomic E-state index is 12.3. The summed E-state index contributed by atoms with van der Waals surface area (Å²) in [7, 11) is 0. The first kappa shape index (κ1) is 21.7. The standard InChI is InChI=1S/C19H25N3O3.ClH/c1-4-22(5-2)17(23)13-21-19-14(11-18(24)25-6-3)12-20-16-10-8-7-9-15(16)19;/h7-10,12H,4-6,11,13H2,1-3H3,(H,20,21);1H. The Morgan fingerprint density at radius 1 is 1.15 bits per heavy atom. The van der Waals surface area contributed by atoms with E-state index in [1.54, 1.807) is 18.0 Å². The number of ether oxygens (including phenoxy) is 1. The van der Waals surface area contributed by atoms with Gasteiger partial charge in [-0.1, -0.05) is 18.2 Å². The smallest absolute Gasteiger partial charge is 0.310 e. The molecule has 1 aromatic heterocycles. The number of likely N-dealkylation sites (N-methyl/N-ethyl adjacent to an activating group) is 1. The molecule has 0 aliphatic rings. The van der Waals surface area contributed by atoms with Crippen LogP contribution >= 0.6 is 12.4 Å².